The fourth-order valence-corrected chi connectivity index (χ4v) is 5.13. The summed E-state index contributed by atoms with van der Waals surface area (Å²) in [6.07, 6.45) is 0.206. The maximum absolute atomic E-state index is 12.4. The first-order valence-corrected chi connectivity index (χ1v) is 14.7. The number of hydrogen-bond acceptors (Lipinski definition) is 10. The number of halogens is 2. The number of carbonyl (C=O) groups is 2. The number of carbonyl (C=O) groups excluding carboxylic acids is 2. The number of nitriles is 1. The highest BCUT2D eigenvalue weighted by Crippen LogP contribution is 2.36. The van der Waals surface area contributed by atoms with Crippen LogP contribution in [-0.4, -0.2) is 49.9 Å². The van der Waals surface area contributed by atoms with Crippen LogP contribution in [0, 0.1) is 11.3 Å². The van der Waals surface area contributed by atoms with E-state index in [1.54, 1.807) is 62.4 Å². The smallest absolute Gasteiger partial charge is 0.337 e. The first kappa shape index (κ1) is 33.9. The molecule has 0 fully saturated rings. The third kappa shape index (κ3) is 8.39. The Hall–Kier alpha value is -4.96. The number of aliphatic hydroxyl groups is 1. The molecule has 0 aromatic heterocycles. The van der Waals surface area contributed by atoms with Gasteiger partial charge < -0.3 is 34.7 Å². The highest BCUT2D eigenvalue weighted by atomic mass is 35.5. The summed E-state index contributed by atoms with van der Waals surface area (Å²) in [5.41, 5.74) is 5.48. The van der Waals surface area contributed by atoms with Crippen LogP contribution in [0.4, 0.5) is 4.79 Å². The van der Waals surface area contributed by atoms with Crippen molar-refractivity contribution < 1.29 is 33.6 Å². The van der Waals surface area contributed by atoms with Crippen LogP contribution in [-0.2, 0) is 16.1 Å². The molecule has 0 radical (unpaired) electrons. The first-order valence-electron chi connectivity index (χ1n) is 14.0. The fourth-order valence-electron chi connectivity index (χ4n) is 4.52. The quantitative estimate of drug-likeness (QED) is 0.0853. The van der Waals surface area contributed by atoms with Gasteiger partial charge in [-0.05, 0) is 55.3 Å². The van der Waals surface area contributed by atoms with E-state index in [0.717, 1.165) is 0 Å². The Morgan fingerprint density at radius 3 is 2.57 bits per heavy atom. The number of nitrogens with zero attached hydrogens (tertiary/aromatic N) is 2. The lowest BCUT2D eigenvalue weighted by Crippen LogP contribution is -2.45. The average molecular weight is 669 g/mol. The molecule has 2 amide bonds. The van der Waals surface area contributed by atoms with Crippen LogP contribution < -0.4 is 30.3 Å². The summed E-state index contributed by atoms with van der Waals surface area (Å²) in [5, 5.41) is 29.5. The number of allylic oxidation sites excluding steroid dienone is 1. The molecule has 1 aliphatic heterocycles. The number of esters is 1. The molecule has 0 bridgehead atoms. The monoisotopic (exact) mass is 667 g/mol. The molecular formula is C32H31Cl2N5O7. The van der Waals surface area contributed by atoms with Gasteiger partial charge in [0.05, 0.1) is 53.2 Å². The summed E-state index contributed by atoms with van der Waals surface area (Å²) in [6.45, 7) is 3.62. The number of rotatable bonds is 13. The van der Waals surface area contributed by atoms with E-state index in [-0.39, 0.29) is 34.6 Å². The Labute approximate surface area is 275 Å². The first-order chi connectivity index (χ1) is 22.1. The summed E-state index contributed by atoms with van der Waals surface area (Å²) in [6, 6.07) is 16.0. The summed E-state index contributed by atoms with van der Waals surface area (Å²) in [5.74, 6) is 0.339. The molecule has 14 heteroatoms. The Bertz CT molecular complexity index is 1680. The van der Waals surface area contributed by atoms with Gasteiger partial charge in [0.15, 0.2) is 23.5 Å². The third-order valence-electron chi connectivity index (χ3n) is 6.64. The lowest BCUT2D eigenvalue weighted by Gasteiger charge is -2.28. The molecule has 0 saturated heterocycles. The van der Waals surface area contributed by atoms with E-state index < -0.39 is 24.3 Å². The molecule has 12 nitrogen and oxygen atoms in total. The van der Waals surface area contributed by atoms with Crippen LogP contribution in [0.1, 0.15) is 42.1 Å². The molecule has 0 unspecified atom stereocenters. The normalized spacial score (nSPS) is 15.0. The molecule has 0 spiro atoms. The second-order valence-corrected chi connectivity index (χ2v) is 10.6. The van der Waals surface area contributed by atoms with Gasteiger partial charge in [-0.1, -0.05) is 47.5 Å². The third-order valence-corrected chi connectivity index (χ3v) is 7.20. The Morgan fingerprint density at radius 1 is 1.13 bits per heavy atom. The number of nitrogens with one attached hydrogen (secondary N) is 3. The highest BCUT2D eigenvalue weighted by molar-refractivity contribution is 6.37. The number of benzene rings is 3. The number of urea groups is 1. The molecule has 240 valence electrons. The van der Waals surface area contributed by atoms with Crippen molar-refractivity contribution in [3.63, 3.8) is 0 Å². The van der Waals surface area contributed by atoms with Crippen molar-refractivity contribution >= 4 is 41.4 Å². The average Bonchev–Trinajstić information content (AvgIpc) is 3.03. The number of aliphatic hydroxyl groups excluding tert-OH is 1. The van der Waals surface area contributed by atoms with Crippen molar-refractivity contribution in [2.75, 3.05) is 20.3 Å². The van der Waals surface area contributed by atoms with E-state index in [1.807, 2.05) is 6.07 Å². The predicted octanol–water partition coefficient (Wildman–Crippen LogP) is 4.96. The van der Waals surface area contributed by atoms with Crippen LogP contribution in [0.3, 0.4) is 0 Å². The molecule has 2 atom stereocenters. The minimum absolute atomic E-state index is 0.109. The zero-order valence-corrected chi connectivity index (χ0v) is 26.6. The van der Waals surface area contributed by atoms with E-state index in [9.17, 15) is 20.0 Å². The van der Waals surface area contributed by atoms with Gasteiger partial charge in [0.25, 0.3) is 0 Å². The molecule has 3 aromatic rings. The lowest BCUT2D eigenvalue weighted by atomic mass is 9.95. The summed E-state index contributed by atoms with van der Waals surface area (Å²) in [7, 11) is 1.26. The van der Waals surface area contributed by atoms with Crippen LogP contribution >= 0.6 is 23.2 Å². The molecule has 1 aliphatic rings. The fraction of sp³-hybridized carbons (Fsp3) is 0.250. The van der Waals surface area contributed by atoms with Crippen molar-refractivity contribution in [2.24, 2.45) is 5.10 Å². The van der Waals surface area contributed by atoms with Crippen molar-refractivity contribution in [1.29, 1.82) is 5.26 Å². The maximum Gasteiger partial charge on any atom is 0.337 e. The minimum Gasteiger partial charge on any atom is -0.490 e. The number of hydrazone groups is 1. The second kappa shape index (κ2) is 15.9. The van der Waals surface area contributed by atoms with Crippen molar-refractivity contribution in [2.45, 2.75) is 32.7 Å². The van der Waals surface area contributed by atoms with Gasteiger partial charge in [0.1, 0.15) is 13.2 Å². The number of amides is 2. The second-order valence-electron chi connectivity index (χ2n) is 9.79. The van der Waals surface area contributed by atoms with Gasteiger partial charge in [-0.2, -0.15) is 10.4 Å². The Morgan fingerprint density at radius 2 is 1.87 bits per heavy atom. The Kier molecular flexibility index (Phi) is 11.7. The summed E-state index contributed by atoms with van der Waals surface area (Å²) < 4.78 is 22.2. The summed E-state index contributed by atoms with van der Waals surface area (Å²) >= 11 is 12.8. The van der Waals surface area contributed by atoms with E-state index >= 15 is 0 Å². The van der Waals surface area contributed by atoms with Gasteiger partial charge in [-0.3, -0.25) is 5.43 Å². The topological polar surface area (TPSA) is 164 Å². The highest BCUT2D eigenvalue weighted by Gasteiger charge is 2.32. The van der Waals surface area contributed by atoms with Crippen molar-refractivity contribution in [1.82, 2.24) is 16.1 Å². The standard InChI is InChI=1S/C32H31Cl2N5O7/c1-4-44-26-13-20(29-28(31(41)43-3)18(2)37-32(42)38-29)9-10-25(26)45-17-27(40)39-36-15-19-11-23(33)30(24(34)12-19)46-16-22-8-6-5-7-21(22)14-35/h5-13,15,27,29,39-40H,4,16-17H2,1-3H3,(H2,37,38,42)/b36-15-/t27-,29-/m1/s1. The molecule has 0 saturated carbocycles. The van der Waals surface area contributed by atoms with E-state index in [1.165, 1.54) is 13.3 Å². The predicted molar refractivity (Wildman–Crippen MR) is 171 cm³/mol. The number of hydrogen-bond donors (Lipinski definition) is 4. The van der Waals surface area contributed by atoms with Gasteiger partial charge in [0.2, 0.25) is 0 Å². The molecule has 4 N–H and O–H groups in total. The van der Waals surface area contributed by atoms with Crippen LogP contribution in [0.5, 0.6) is 17.2 Å². The van der Waals surface area contributed by atoms with Gasteiger partial charge in [-0.15, -0.1) is 0 Å². The van der Waals surface area contributed by atoms with E-state index in [2.05, 4.69) is 27.2 Å². The molecule has 1 heterocycles. The van der Waals surface area contributed by atoms with Crippen molar-refractivity contribution in [3.8, 4) is 23.3 Å². The van der Waals surface area contributed by atoms with E-state index in [0.29, 0.717) is 46.1 Å². The van der Waals surface area contributed by atoms with Gasteiger partial charge in [-0.25, -0.2) is 9.59 Å². The van der Waals surface area contributed by atoms with Crippen LogP contribution in [0.2, 0.25) is 10.0 Å². The van der Waals surface area contributed by atoms with Crippen molar-refractivity contribution in [3.05, 3.63) is 98.2 Å². The van der Waals surface area contributed by atoms with Crippen LogP contribution in [0.15, 0.2) is 71.0 Å². The molecule has 46 heavy (non-hydrogen) atoms. The minimum atomic E-state index is -1.21. The zero-order valence-electron chi connectivity index (χ0n) is 25.1. The number of ether oxygens (including phenoxy) is 4. The van der Waals surface area contributed by atoms with Gasteiger partial charge >= 0.3 is 12.0 Å². The largest absolute Gasteiger partial charge is 0.490 e. The van der Waals surface area contributed by atoms with Gasteiger partial charge in [0, 0.05) is 11.3 Å². The molecule has 4 rings (SSSR count). The molecular weight excluding hydrogens is 637 g/mol. The SMILES string of the molecule is CCOc1cc([C@H]2NC(=O)NC(C)=C2C(=O)OC)ccc1OC[C@@H](O)N/N=C\c1cc(Cl)c(OCc2ccccc2C#N)c(Cl)c1. The lowest BCUT2D eigenvalue weighted by molar-refractivity contribution is -0.136. The number of methoxy groups -OCH3 is 1. The van der Waals surface area contributed by atoms with Crippen LogP contribution in [0.25, 0.3) is 0 Å². The zero-order chi connectivity index (χ0) is 33.2. The summed E-state index contributed by atoms with van der Waals surface area (Å²) in [4.78, 5) is 24.6. The molecule has 0 aliphatic carbocycles. The van der Waals surface area contributed by atoms with E-state index in [4.69, 9.17) is 42.1 Å². The maximum atomic E-state index is 12.4. The molecule has 3 aromatic carbocycles. The Balaban J connectivity index is 1.37.